The molecule has 0 spiro atoms. The molecule has 0 bridgehead atoms. The number of benzene rings is 3. The third kappa shape index (κ3) is 4.75. The minimum Gasteiger partial charge on any atom is -0.449 e. The Bertz CT molecular complexity index is 1320. The van der Waals surface area contributed by atoms with Gasteiger partial charge in [0.1, 0.15) is 6.61 Å². The Kier molecular flexibility index (Phi) is 7.14. The maximum absolute atomic E-state index is 14.2. The standard InChI is InChI=1S/C29H32BF3N3O2/c1-18-25(19(2)28(36-14-12-34-13-15-36)20(3)27(18)30(31,32)33)16-35-29(37)38-17-26-23-10-6-4-8-21(23)22-9-5-7-11-24(22)26/h4-11,26,34H,12-17H2,1-3H3,(H,35,37)/q-1. The Morgan fingerprint density at radius 3 is 2.11 bits per heavy atom. The number of piperazine rings is 1. The minimum absolute atomic E-state index is 0.0349. The maximum atomic E-state index is 14.2. The van der Waals surface area contributed by atoms with E-state index in [1.54, 1.807) is 6.92 Å². The van der Waals surface area contributed by atoms with Gasteiger partial charge in [-0.25, -0.2) is 4.79 Å². The molecule has 38 heavy (non-hydrogen) atoms. The number of rotatable bonds is 6. The molecule has 1 fully saturated rings. The van der Waals surface area contributed by atoms with E-state index in [1.165, 1.54) is 6.92 Å². The molecule has 1 aliphatic heterocycles. The van der Waals surface area contributed by atoms with Crippen molar-refractivity contribution in [1.82, 2.24) is 10.6 Å². The highest BCUT2D eigenvalue weighted by Gasteiger charge is 2.34. The van der Waals surface area contributed by atoms with Crippen molar-refractivity contribution in [3.05, 3.63) is 81.9 Å². The lowest BCUT2D eigenvalue weighted by molar-refractivity contribution is 0.142. The Labute approximate surface area is 221 Å². The molecule has 1 saturated heterocycles. The lowest BCUT2D eigenvalue weighted by atomic mass is 9.71. The molecule has 2 aliphatic rings. The maximum Gasteiger partial charge on any atom is 0.510 e. The fraction of sp³-hybridized carbons (Fsp3) is 0.345. The molecule has 9 heteroatoms. The number of hydrogen-bond donors (Lipinski definition) is 2. The molecule has 0 aromatic heterocycles. The number of halogens is 3. The number of amides is 1. The number of anilines is 1. The van der Waals surface area contributed by atoms with Gasteiger partial charge in [-0.05, 0) is 54.2 Å². The molecular formula is C29H32BF3N3O2-. The van der Waals surface area contributed by atoms with Gasteiger partial charge in [0.15, 0.2) is 0 Å². The number of nitrogens with one attached hydrogen (secondary N) is 2. The number of ether oxygens (including phenoxy) is 1. The molecule has 0 saturated carbocycles. The summed E-state index contributed by atoms with van der Waals surface area (Å²) in [7, 11) is 0. The van der Waals surface area contributed by atoms with Crippen LogP contribution in [0, 0.1) is 20.8 Å². The highest BCUT2D eigenvalue weighted by molar-refractivity contribution is 6.74. The summed E-state index contributed by atoms with van der Waals surface area (Å²) < 4.78 is 48.3. The van der Waals surface area contributed by atoms with Gasteiger partial charge >= 0.3 is 13.1 Å². The number of fused-ring (bicyclic) bond motifs is 3. The van der Waals surface area contributed by atoms with Crippen LogP contribution in [-0.4, -0.2) is 45.9 Å². The second kappa shape index (κ2) is 10.4. The van der Waals surface area contributed by atoms with Crippen molar-refractivity contribution in [1.29, 1.82) is 0 Å². The first kappa shape index (κ1) is 26.2. The van der Waals surface area contributed by atoms with E-state index in [9.17, 15) is 17.7 Å². The molecule has 2 N–H and O–H groups in total. The smallest absolute Gasteiger partial charge is 0.449 e. The van der Waals surface area contributed by atoms with Crippen LogP contribution in [-0.2, 0) is 11.3 Å². The van der Waals surface area contributed by atoms with E-state index in [1.807, 2.05) is 48.2 Å². The van der Waals surface area contributed by atoms with Crippen molar-refractivity contribution >= 4 is 24.2 Å². The topological polar surface area (TPSA) is 53.6 Å². The van der Waals surface area contributed by atoms with Gasteiger partial charge in [0.25, 0.3) is 0 Å². The van der Waals surface area contributed by atoms with Crippen LogP contribution in [0.1, 0.15) is 39.3 Å². The van der Waals surface area contributed by atoms with Crippen LogP contribution in [0.5, 0.6) is 0 Å². The molecule has 1 amide bonds. The summed E-state index contributed by atoms with van der Waals surface area (Å²) in [6, 6.07) is 16.1. The largest absolute Gasteiger partial charge is 0.510 e. The van der Waals surface area contributed by atoms with E-state index in [0.29, 0.717) is 37.4 Å². The van der Waals surface area contributed by atoms with E-state index in [4.69, 9.17) is 4.74 Å². The summed E-state index contributed by atoms with van der Waals surface area (Å²) in [5.41, 5.74) is 6.22. The molecule has 200 valence electrons. The highest BCUT2D eigenvalue weighted by Crippen LogP contribution is 2.44. The fourth-order valence-electron chi connectivity index (χ4n) is 6.21. The summed E-state index contributed by atoms with van der Waals surface area (Å²) in [5.74, 6) is -0.0881. The van der Waals surface area contributed by atoms with Crippen molar-refractivity contribution in [2.24, 2.45) is 0 Å². The van der Waals surface area contributed by atoms with Gasteiger partial charge < -0.3 is 33.2 Å². The van der Waals surface area contributed by atoms with Crippen LogP contribution >= 0.6 is 0 Å². The van der Waals surface area contributed by atoms with Crippen LogP contribution < -0.4 is 21.0 Å². The molecule has 3 aromatic rings. The molecule has 5 nitrogen and oxygen atoms in total. The van der Waals surface area contributed by atoms with Crippen LogP contribution in [0.15, 0.2) is 48.5 Å². The Balaban J connectivity index is 1.35. The molecular weight excluding hydrogens is 490 g/mol. The molecule has 1 heterocycles. The lowest BCUT2D eigenvalue weighted by Crippen LogP contribution is -2.46. The number of nitrogens with zero attached hydrogens (tertiary/aromatic N) is 1. The number of carbonyl (C=O) groups excluding carboxylic acids is 1. The zero-order valence-corrected chi connectivity index (χ0v) is 21.9. The van der Waals surface area contributed by atoms with Gasteiger partial charge in [0.05, 0.1) is 0 Å². The second-order valence-electron chi connectivity index (χ2n) is 10.1. The average molecular weight is 522 g/mol. The summed E-state index contributed by atoms with van der Waals surface area (Å²) in [6.45, 7) is 2.49. The normalized spacial score (nSPS) is 15.3. The summed E-state index contributed by atoms with van der Waals surface area (Å²) in [4.78, 5) is 14.8. The van der Waals surface area contributed by atoms with E-state index >= 15 is 0 Å². The highest BCUT2D eigenvalue weighted by atomic mass is 19.4. The van der Waals surface area contributed by atoms with Gasteiger partial charge in [-0.15, -0.1) is 5.46 Å². The molecule has 0 atom stereocenters. The predicted molar refractivity (Wildman–Crippen MR) is 146 cm³/mol. The van der Waals surface area contributed by atoms with Gasteiger partial charge in [0, 0.05) is 44.3 Å². The number of carbonyl (C=O) groups is 1. The molecule has 5 rings (SSSR count). The molecule has 1 aliphatic carbocycles. The monoisotopic (exact) mass is 522 g/mol. The van der Waals surface area contributed by atoms with E-state index in [0.717, 1.165) is 27.8 Å². The van der Waals surface area contributed by atoms with Gasteiger partial charge in [0.2, 0.25) is 0 Å². The fourth-order valence-corrected chi connectivity index (χ4v) is 6.21. The third-order valence-electron chi connectivity index (χ3n) is 7.94. The van der Waals surface area contributed by atoms with Crippen LogP contribution in [0.3, 0.4) is 0 Å². The van der Waals surface area contributed by atoms with Gasteiger partial charge in [-0.3, -0.25) is 0 Å². The summed E-state index contributed by atoms with van der Waals surface area (Å²) in [6.07, 6.45) is -0.644. The van der Waals surface area contributed by atoms with Crippen molar-refractivity contribution < 1.29 is 22.5 Å². The Morgan fingerprint density at radius 2 is 1.53 bits per heavy atom. The van der Waals surface area contributed by atoms with Crippen LogP contribution in [0.4, 0.5) is 23.4 Å². The van der Waals surface area contributed by atoms with Gasteiger partial charge in [-0.2, -0.15) is 0 Å². The lowest BCUT2D eigenvalue weighted by Gasteiger charge is -2.36. The van der Waals surface area contributed by atoms with Gasteiger partial charge in [-0.1, -0.05) is 59.7 Å². The van der Waals surface area contributed by atoms with Crippen molar-refractivity contribution in [2.45, 2.75) is 33.2 Å². The quantitative estimate of drug-likeness (QED) is 0.442. The first-order valence-electron chi connectivity index (χ1n) is 13.1. The van der Waals surface area contributed by atoms with Crippen molar-refractivity contribution in [3.63, 3.8) is 0 Å². The van der Waals surface area contributed by atoms with Crippen molar-refractivity contribution in [2.75, 3.05) is 37.7 Å². The first-order valence-corrected chi connectivity index (χ1v) is 13.1. The SMILES string of the molecule is Cc1c(CNC(=O)OCC2c3ccccc3-c3ccccc32)c(C)c([B-](F)(F)F)c(C)c1N1CCNCC1. The van der Waals surface area contributed by atoms with Crippen LogP contribution in [0.2, 0.25) is 0 Å². The molecule has 0 radical (unpaired) electrons. The predicted octanol–water partition coefficient (Wildman–Crippen LogP) is 5.11. The Morgan fingerprint density at radius 1 is 0.947 bits per heavy atom. The third-order valence-corrected chi connectivity index (χ3v) is 7.94. The van der Waals surface area contributed by atoms with Crippen LogP contribution in [0.25, 0.3) is 11.1 Å². The zero-order valence-electron chi connectivity index (χ0n) is 21.9. The zero-order chi connectivity index (χ0) is 27.0. The second-order valence-corrected chi connectivity index (χ2v) is 10.1. The number of hydrogen-bond acceptors (Lipinski definition) is 4. The minimum atomic E-state index is -5.22. The average Bonchev–Trinajstić information content (AvgIpc) is 3.21. The molecule has 0 unspecified atom stereocenters. The number of alkyl carbamates (subject to hydrolysis) is 1. The molecule has 3 aromatic carbocycles. The van der Waals surface area contributed by atoms with E-state index in [-0.39, 0.29) is 30.2 Å². The summed E-state index contributed by atoms with van der Waals surface area (Å²) >= 11 is 0. The first-order chi connectivity index (χ1) is 18.2. The summed E-state index contributed by atoms with van der Waals surface area (Å²) in [5, 5.41) is 5.98. The van der Waals surface area contributed by atoms with E-state index < -0.39 is 18.5 Å². The van der Waals surface area contributed by atoms with Crippen molar-refractivity contribution in [3.8, 4) is 11.1 Å². The van der Waals surface area contributed by atoms with E-state index in [2.05, 4.69) is 22.8 Å². The Hall–Kier alpha value is -3.46.